The quantitative estimate of drug-likeness (QED) is 0.856. The summed E-state index contributed by atoms with van der Waals surface area (Å²) in [4.78, 5) is 11.9. The van der Waals surface area contributed by atoms with Gasteiger partial charge in [-0.05, 0) is 31.4 Å². The molecule has 3 rings (SSSR count). The summed E-state index contributed by atoms with van der Waals surface area (Å²) in [5.74, 6) is 0.693. The topological polar surface area (TPSA) is 59.6 Å². The highest BCUT2D eigenvalue weighted by Gasteiger charge is 2.40. The maximum absolute atomic E-state index is 11.9. The minimum Gasteiger partial charge on any atom is -0.497 e. The number of ether oxygens (including phenoxy) is 2. The van der Waals surface area contributed by atoms with Crippen LogP contribution < -0.4 is 15.4 Å². The molecule has 5 nitrogen and oxygen atoms in total. The van der Waals surface area contributed by atoms with Crippen molar-refractivity contribution in [2.45, 2.75) is 37.5 Å². The van der Waals surface area contributed by atoms with Crippen LogP contribution in [0.25, 0.3) is 0 Å². The lowest BCUT2D eigenvalue weighted by Crippen LogP contribution is -2.41. The molecule has 108 valence electrons. The molecular weight excluding hydrogens is 256 g/mol. The molecule has 2 saturated heterocycles. The van der Waals surface area contributed by atoms with Crippen molar-refractivity contribution < 1.29 is 14.3 Å². The van der Waals surface area contributed by atoms with E-state index in [-0.39, 0.29) is 5.91 Å². The SMILES string of the molecule is COc1cccc(NC(=O)CNC2CC3CCC2O3)c1. The van der Waals surface area contributed by atoms with Gasteiger partial charge in [0.15, 0.2) is 0 Å². The van der Waals surface area contributed by atoms with E-state index in [1.54, 1.807) is 13.2 Å². The van der Waals surface area contributed by atoms with Crippen LogP contribution in [-0.2, 0) is 9.53 Å². The Morgan fingerprint density at radius 3 is 3.05 bits per heavy atom. The molecule has 3 unspecified atom stereocenters. The van der Waals surface area contributed by atoms with Crippen LogP contribution in [0.3, 0.4) is 0 Å². The van der Waals surface area contributed by atoms with E-state index in [1.807, 2.05) is 18.2 Å². The van der Waals surface area contributed by atoms with Crippen molar-refractivity contribution in [2.75, 3.05) is 19.0 Å². The first-order valence-electron chi connectivity index (χ1n) is 7.07. The Balaban J connectivity index is 1.47. The molecule has 20 heavy (non-hydrogen) atoms. The van der Waals surface area contributed by atoms with Crippen molar-refractivity contribution in [1.29, 1.82) is 0 Å². The third-order valence-electron chi connectivity index (χ3n) is 3.98. The van der Waals surface area contributed by atoms with Gasteiger partial charge in [0.1, 0.15) is 5.75 Å². The Kier molecular flexibility index (Phi) is 3.89. The zero-order valence-electron chi connectivity index (χ0n) is 11.6. The molecule has 0 spiro atoms. The van der Waals surface area contributed by atoms with Gasteiger partial charge < -0.3 is 20.1 Å². The van der Waals surface area contributed by atoms with Crippen LogP contribution in [0.15, 0.2) is 24.3 Å². The van der Waals surface area contributed by atoms with Gasteiger partial charge in [-0.15, -0.1) is 0 Å². The summed E-state index contributed by atoms with van der Waals surface area (Å²) in [7, 11) is 1.61. The van der Waals surface area contributed by atoms with Crippen molar-refractivity contribution in [2.24, 2.45) is 0 Å². The minimum absolute atomic E-state index is 0.0407. The molecular formula is C15H20N2O3. The van der Waals surface area contributed by atoms with Gasteiger partial charge in [-0.1, -0.05) is 6.07 Å². The summed E-state index contributed by atoms with van der Waals surface area (Å²) in [6.45, 7) is 0.314. The summed E-state index contributed by atoms with van der Waals surface area (Å²) in [5.41, 5.74) is 0.750. The van der Waals surface area contributed by atoms with E-state index in [4.69, 9.17) is 9.47 Å². The minimum atomic E-state index is -0.0407. The van der Waals surface area contributed by atoms with Crippen LogP contribution in [0.4, 0.5) is 5.69 Å². The standard InChI is InChI=1S/C15H20N2O3/c1-19-11-4-2-3-10(7-11)17-15(18)9-16-13-8-12-5-6-14(13)20-12/h2-4,7,12-14,16H,5-6,8-9H2,1H3,(H,17,18). The van der Waals surface area contributed by atoms with E-state index < -0.39 is 0 Å². The molecule has 3 atom stereocenters. The van der Waals surface area contributed by atoms with E-state index in [2.05, 4.69) is 10.6 Å². The number of nitrogens with one attached hydrogen (secondary N) is 2. The number of rotatable bonds is 5. The van der Waals surface area contributed by atoms with Crippen molar-refractivity contribution in [3.63, 3.8) is 0 Å². The van der Waals surface area contributed by atoms with E-state index >= 15 is 0 Å². The summed E-state index contributed by atoms with van der Waals surface area (Å²) < 4.78 is 10.9. The Labute approximate surface area is 118 Å². The number of carbonyl (C=O) groups excluding carboxylic acids is 1. The molecule has 0 saturated carbocycles. The fraction of sp³-hybridized carbons (Fsp3) is 0.533. The van der Waals surface area contributed by atoms with Crippen molar-refractivity contribution in [1.82, 2.24) is 5.32 Å². The van der Waals surface area contributed by atoms with Crippen molar-refractivity contribution in [3.05, 3.63) is 24.3 Å². The largest absolute Gasteiger partial charge is 0.497 e. The highest BCUT2D eigenvalue weighted by atomic mass is 16.5. The monoisotopic (exact) mass is 276 g/mol. The van der Waals surface area contributed by atoms with E-state index in [9.17, 15) is 4.79 Å². The molecule has 0 aliphatic carbocycles. The van der Waals surface area contributed by atoms with Gasteiger partial charge in [0, 0.05) is 17.8 Å². The lowest BCUT2D eigenvalue weighted by atomic mass is 9.95. The van der Waals surface area contributed by atoms with Crippen LogP contribution in [0, 0.1) is 0 Å². The second kappa shape index (κ2) is 5.81. The van der Waals surface area contributed by atoms with Gasteiger partial charge in [-0.2, -0.15) is 0 Å². The zero-order chi connectivity index (χ0) is 13.9. The molecule has 1 aromatic rings. The van der Waals surface area contributed by atoms with Gasteiger partial charge in [0.05, 0.1) is 25.9 Å². The van der Waals surface area contributed by atoms with Gasteiger partial charge in [0.25, 0.3) is 0 Å². The lowest BCUT2D eigenvalue weighted by Gasteiger charge is -2.19. The molecule has 5 heteroatoms. The van der Waals surface area contributed by atoms with E-state index in [1.165, 1.54) is 6.42 Å². The molecule has 2 fully saturated rings. The number of fused-ring (bicyclic) bond motifs is 2. The Morgan fingerprint density at radius 2 is 2.35 bits per heavy atom. The predicted octanol–water partition coefficient (Wildman–Crippen LogP) is 1.54. The Morgan fingerprint density at radius 1 is 1.45 bits per heavy atom. The van der Waals surface area contributed by atoms with Crippen LogP contribution >= 0.6 is 0 Å². The first-order valence-corrected chi connectivity index (χ1v) is 7.07. The highest BCUT2D eigenvalue weighted by molar-refractivity contribution is 5.92. The van der Waals surface area contributed by atoms with E-state index in [0.717, 1.165) is 24.3 Å². The van der Waals surface area contributed by atoms with Gasteiger partial charge in [-0.3, -0.25) is 4.79 Å². The smallest absolute Gasteiger partial charge is 0.238 e. The molecule has 2 heterocycles. The third-order valence-corrected chi connectivity index (χ3v) is 3.98. The van der Waals surface area contributed by atoms with Gasteiger partial charge in [0.2, 0.25) is 5.91 Å². The number of amides is 1. The van der Waals surface area contributed by atoms with Crippen LogP contribution in [0.2, 0.25) is 0 Å². The number of hydrogen-bond donors (Lipinski definition) is 2. The average Bonchev–Trinajstić information content (AvgIpc) is 3.08. The number of methoxy groups -OCH3 is 1. The molecule has 2 aliphatic rings. The molecule has 2 bridgehead atoms. The second-order valence-electron chi connectivity index (χ2n) is 5.38. The summed E-state index contributed by atoms with van der Waals surface area (Å²) in [6.07, 6.45) is 4.00. The van der Waals surface area contributed by atoms with Crippen molar-refractivity contribution >= 4 is 11.6 Å². The fourth-order valence-electron chi connectivity index (χ4n) is 2.98. The van der Waals surface area contributed by atoms with Crippen molar-refractivity contribution in [3.8, 4) is 5.75 Å². The number of anilines is 1. The van der Waals surface area contributed by atoms with Gasteiger partial charge >= 0.3 is 0 Å². The highest BCUT2D eigenvalue weighted by Crippen LogP contribution is 2.34. The van der Waals surface area contributed by atoms with Crippen LogP contribution in [-0.4, -0.2) is 37.8 Å². The maximum atomic E-state index is 11.9. The zero-order valence-corrected chi connectivity index (χ0v) is 11.6. The summed E-state index contributed by atoms with van der Waals surface area (Å²) in [6, 6.07) is 7.68. The van der Waals surface area contributed by atoms with Gasteiger partial charge in [-0.25, -0.2) is 0 Å². The molecule has 2 aliphatic heterocycles. The fourth-order valence-corrected chi connectivity index (χ4v) is 2.98. The van der Waals surface area contributed by atoms with E-state index in [0.29, 0.717) is 24.8 Å². The Hall–Kier alpha value is -1.59. The second-order valence-corrected chi connectivity index (χ2v) is 5.38. The lowest BCUT2D eigenvalue weighted by molar-refractivity contribution is -0.115. The molecule has 2 N–H and O–H groups in total. The summed E-state index contributed by atoms with van der Waals surface area (Å²) in [5, 5.41) is 6.16. The normalized spacial score (nSPS) is 27.6. The Bertz CT molecular complexity index is 492. The first-order chi connectivity index (χ1) is 9.74. The molecule has 1 aromatic carbocycles. The average molecular weight is 276 g/mol. The van der Waals surface area contributed by atoms with Crippen LogP contribution in [0.5, 0.6) is 5.75 Å². The number of benzene rings is 1. The third kappa shape index (κ3) is 2.94. The summed E-state index contributed by atoms with van der Waals surface area (Å²) >= 11 is 0. The van der Waals surface area contributed by atoms with Crippen LogP contribution in [0.1, 0.15) is 19.3 Å². The number of carbonyl (C=O) groups is 1. The molecule has 0 radical (unpaired) electrons. The first kappa shape index (κ1) is 13.4. The maximum Gasteiger partial charge on any atom is 0.238 e. The number of hydrogen-bond acceptors (Lipinski definition) is 4. The molecule has 0 aromatic heterocycles. The molecule has 1 amide bonds. The predicted molar refractivity (Wildman–Crippen MR) is 75.9 cm³/mol.